The van der Waals surface area contributed by atoms with Crippen LogP contribution in [0, 0.1) is 6.92 Å². The highest BCUT2D eigenvalue weighted by Crippen LogP contribution is 2.23. The molecular formula is C20H29NOS. The molecule has 0 aliphatic rings. The van der Waals surface area contributed by atoms with Crippen molar-refractivity contribution in [3.8, 4) is 0 Å². The molecule has 0 aliphatic carbocycles. The summed E-state index contributed by atoms with van der Waals surface area (Å²) in [5.41, 5.74) is 3.97. The van der Waals surface area contributed by atoms with Gasteiger partial charge in [0.05, 0.1) is 0 Å². The van der Waals surface area contributed by atoms with Crippen LogP contribution in [0.25, 0.3) is 0 Å². The molecule has 0 unspecified atom stereocenters. The van der Waals surface area contributed by atoms with Gasteiger partial charge in [0.25, 0.3) is 0 Å². The lowest BCUT2D eigenvalue weighted by molar-refractivity contribution is 0.103. The molecule has 0 spiro atoms. The Labute approximate surface area is 146 Å². The number of rotatable bonds is 2. The molecule has 0 bridgehead atoms. The van der Waals surface area contributed by atoms with Gasteiger partial charge in [-0.15, -0.1) is 12.8 Å². The van der Waals surface area contributed by atoms with Gasteiger partial charge >= 0.3 is 0 Å². The summed E-state index contributed by atoms with van der Waals surface area (Å²) < 4.78 is 0. The fourth-order valence-electron chi connectivity index (χ4n) is 2.07. The average molecular weight is 332 g/mol. The molecule has 0 atom stereocenters. The summed E-state index contributed by atoms with van der Waals surface area (Å²) in [6.45, 7) is 12.5. The van der Waals surface area contributed by atoms with Crippen LogP contribution < -0.4 is 5.14 Å². The van der Waals surface area contributed by atoms with Gasteiger partial charge < -0.3 is 0 Å². The Morgan fingerprint density at radius 1 is 0.913 bits per heavy atom. The minimum Gasteiger partial charge on any atom is -0.289 e. The van der Waals surface area contributed by atoms with Crippen molar-refractivity contribution in [1.29, 1.82) is 0 Å². The van der Waals surface area contributed by atoms with Crippen molar-refractivity contribution in [2.75, 3.05) is 0 Å². The number of nitrogens with two attached hydrogens (primary N) is 1. The van der Waals surface area contributed by atoms with Crippen molar-refractivity contribution in [3.63, 3.8) is 0 Å². The lowest BCUT2D eigenvalue weighted by atomic mass is 9.86. The van der Waals surface area contributed by atoms with E-state index in [1.807, 2.05) is 69.3 Å². The van der Waals surface area contributed by atoms with Crippen LogP contribution in [0.2, 0.25) is 0 Å². The van der Waals surface area contributed by atoms with Crippen molar-refractivity contribution in [2.45, 2.75) is 47.0 Å². The number of carbonyl (C=O) groups is 1. The Bertz CT molecular complexity index is 598. The fraction of sp³-hybridized carbons (Fsp3) is 0.350. The van der Waals surface area contributed by atoms with Gasteiger partial charge in [0.1, 0.15) is 0 Å². The molecule has 2 aromatic rings. The molecule has 2 N–H and O–H groups in total. The summed E-state index contributed by atoms with van der Waals surface area (Å²) in [5.74, 6) is 0.0872. The second kappa shape index (κ2) is 10.2. The first-order valence-corrected chi connectivity index (χ1v) is 8.37. The highest BCUT2D eigenvalue weighted by atomic mass is 32.1. The molecule has 0 saturated heterocycles. The second-order valence-corrected chi connectivity index (χ2v) is 6.03. The number of aryl methyl sites for hydroxylation is 1. The van der Waals surface area contributed by atoms with Crippen LogP contribution in [0.1, 0.15) is 61.7 Å². The highest BCUT2D eigenvalue weighted by Gasteiger charge is 2.14. The maximum absolute atomic E-state index is 12.4. The van der Waals surface area contributed by atoms with Gasteiger partial charge in [-0.2, -0.15) is 0 Å². The topological polar surface area (TPSA) is 43.1 Å². The molecule has 0 amide bonds. The third-order valence-electron chi connectivity index (χ3n) is 3.29. The lowest BCUT2D eigenvalue weighted by Gasteiger charge is -2.19. The van der Waals surface area contributed by atoms with Crippen LogP contribution in [0.4, 0.5) is 0 Å². The monoisotopic (exact) mass is 331 g/mol. The molecule has 2 aromatic carbocycles. The fourth-order valence-corrected chi connectivity index (χ4v) is 2.07. The first-order valence-electron chi connectivity index (χ1n) is 7.86. The molecule has 2 nitrogen and oxygen atoms in total. The third kappa shape index (κ3) is 6.59. The van der Waals surface area contributed by atoms with E-state index in [9.17, 15) is 4.79 Å². The molecule has 0 heterocycles. The third-order valence-corrected chi connectivity index (χ3v) is 3.29. The van der Waals surface area contributed by atoms with Crippen LogP contribution in [0.15, 0.2) is 48.5 Å². The van der Waals surface area contributed by atoms with Crippen LogP contribution in [-0.2, 0) is 5.41 Å². The van der Waals surface area contributed by atoms with E-state index in [-0.39, 0.29) is 11.2 Å². The first kappa shape index (κ1) is 21.4. The predicted octanol–water partition coefficient (Wildman–Crippen LogP) is 5.34. The van der Waals surface area contributed by atoms with Crippen molar-refractivity contribution in [1.82, 2.24) is 0 Å². The van der Waals surface area contributed by atoms with Crippen LogP contribution in [0.3, 0.4) is 0 Å². The molecular weight excluding hydrogens is 302 g/mol. The summed E-state index contributed by atoms with van der Waals surface area (Å²) in [6, 6.07) is 15.7. The number of thiol groups is 1. The van der Waals surface area contributed by atoms with Gasteiger partial charge in [0.15, 0.2) is 5.78 Å². The normalized spacial score (nSPS) is 9.91. The van der Waals surface area contributed by atoms with Crippen LogP contribution >= 0.6 is 12.8 Å². The van der Waals surface area contributed by atoms with Gasteiger partial charge in [-0.3, -0.25) is 9.93 Å². The Morgan fingerprint density at radius 3 is 1.87 bits per heavy atom. The van der Waals surface area contributed by atoms with E-state index in [4.69, 9.17) is 0 Å². The Hall–Kier alpha value is -1.58. The Morgan fingerprint density at radius 2 is 1.43 bits per heavy atom. The predicted molar refractivity (Wildman–Crippen MR) is 104 cm³/mol. The van der Waals surface area contributed by atoms with E-state index in [1.54, 1.807) is 0 Å². The highest BCUT2D eigenvalue weighted by molar-refractivity contribution is 7.77. The van der Waals surface area contributed by atoms with Crippen molar-refractivity contribution in [3.05, 3.63) is 70.8 Å². The van der Waals surface area contributed by atoms with Gasteiger partial charge in [0, 0.05) is 11.1 Å². The van der Waals surface area contributed by atoms with E-state index >= 15 is 0 Å². The van der Waals surface area contributed by atoms with Crippen molar-refractivity contribution < 1.29 is 4.79 Å². The number of benzene rings is 2. The van der Waals surface area contributed by atoms with E-state index in [2.05, 4.69) is 38.7 Å². The SMILES string of the molecule is CC.Cc1cccc(C(=O)c2ccc(C(C)(C)C)cc2)c1.NS. The quantitative estimate of drug-likeness (QED) is 0.576. The number of hydrogen-bond donors (Lipinski definition) is 2. The molecule has 0 radical (unpaired) electrons. The molecule has 126 valence electrons. The number of hydrogen-bond acceptors (Lipinski definition) is 3. The summed E-state index contributed by atoms with van der Waals surface area (Å²) in [4.78, 5) is 12.4. The zero-order valence-corrected chi connectivity index (χ0v) is 15.9. The Kier molecular flexibility index (Phi) is 9.54. The Balaban J connectivity index is 0.00000112. The van der Waals surface area contributed by atoms with E-state index in [0.29, 0.717) is 0 Å². The summed E-state index contributed by atoms with van der Waals surface area (Å²) in [6.07, 6.45) is 0. The molecule has 2 rings (SSSR count). The second-order valence-electron chi connectivity index (χ2n) is 6.03. The van der Waals surface area contributed by atoms with E-state index < -0.39 is 0 Å². The average Bonchev–Trinajstić information content (AvgIpc) is 2.57. The van der Waals surface area contributed by atoms with Crippen molar-refractivity contribution in [2.24, 2.45) is 5.14 Å². The van der Waals surface area contributed by atoms with E-state index in [0.717, 1.165) is 16.7 Å². The molecule has 0 fully saturated rings. The van der Waals surface area contributed by atoms with Gasteiger partial charge in [-0.05, 0) is 24.0 Å². The maximum atomic E-state index is 12.4. The van der Waals surface area contributed by atoms with Crippen LogP contribution in [-0.4, -0.2) is 5.78 Å². The first-order chi connectivity index (χ1) is 10.9. The van der Waals surface area contributed by atoms with Gasteiger partial charge in [-0.25, -0.2) is 0 Å². The summed E-state index contributed by atoms with van der Waals surface area (Å²) in [5, 5.41) is 4.19. The zero-order chi connectivity index (χ0) is 18.0. The standard InChI is InChI=1S/C18H20O.C2H6.H3NS/c1-13-6-5-7-15(12-13)17(19)14-8-10-16(11-9-14)18(2,3)4;2*1-2/h5-12H,1-4H3;1-2H3;2H,1H2. The smallest absolute Gasteiger partial charge is 0.193 e. The minimum atomic E-state index is 0.0872. The van der Waals surface area contributed by atoms with Crippen molar-refractivity contribution >= 4 is 18.6 Å². The maximum Gasteiger partial charge on any atom is 0.193 e. The molecule has 0 aromatic heterocycles. The molecule has 23 heavy (non-hydrogen) atoms. The number of ketones is 1. The van der Waals surface area contributed by atoms with E-state index in [1.165, 1.54) is 5.56 Å². The van der Waals surface area contributed by atoms with Gasteiger partial charge in [0.2, 0.25) is 0 Å². The molecule has 0 saturated carbocycles. The summed E-state index contributed by atoms with van der Waals surface area (Å²) in [7, 11) is 0. The number of carbonyl (C=O) groups excluding carboxylic acids is 1. The lowest BCUT2D eigenvalue weighted by Crippen LogP contribution is -2.11. The summed E-state index contributed by atoms with van der Waals surface area (Å²) >= 11 is 3.03. The van der Waals surface area contributed by atoms with Crippen LogP contribution in [0.5, 0.6) is 0 Å². The molecule has 0 aliphatic heterocycles. The zero-order valence-electron chi connectivity index (χ0n) is 15.1. The minimum absolute atomic E-state index is 0.0872. The molecule has 3 heteroatoms. The largest absolute Gasteiger partial charge is 0.289 e. The van der Waals surface area contributed by atoms with Gasteiger partial charge in [-0.1, -0.05) is 82.6 Å².